The van der Waals surface area contributed by atoms with Crippen LogP contribution in [0.2, 0.25) is 0 Å². The molecule has 0 fully saturated rings. The summed E-state index contributed by atoms with van der Waals surface area (Å²) in [6, 6.07) is 6.95. The summed E-state index contributed by atoms with van der Waals surface area (Å²) in [5.74, 6) is -1.11. The predicted molar refractivity (Wildman–Crippen MR) is 75.4 cm³/mol. The maximum atomic E-state index is 13.5. The van der Waals surface area contributed by atoms with Crippen LogP contribution in [-0.4, -0.2) is 22.8 Å². The molecule has 1 heterocycles. The van der Waals surface area contributed by atoms with E-state index < -0.39 is 11.6 Å². The van der Waals surface area contributed by atoms with Gasteiger partial charge >= 0.3 is 0 Å². The van der Waals surface area contributed by atoms with Crippen molar-refractivity contribution in [1.82, 2.24) is 9.88 Å². The molecule has 0 saturated carbocycles. The molecule has 5 heteroatoms. The Morgan fingerprint density at radius 2 is 2.10 bits per heavy atom. The minimum Gasteiger partial charge on any atom is -0.341 e. The molecule has 0 N–H and O–H groups in total. The Hall–Kier alpha value is -2.30. The third-order valence-corrected chi connectivity index (χ3v) is 3.18. The van der Waals surface area contributed by atoms with Crippen molar-refractivity contribution in [2.75, 3.05) is 7.05 Å². The second kappa shape index (κ2) is 6.92. The number of rotatable bonds is 5. The average molecular weight is 290 g/mol. The molecule has 0 spiro atoms. The highest BCUT2D eigenvalue weighted by Crippen LogP contribution is 2.13. The lowest BCUT2D eigenvalue weighted by Crippen LogP contribution is -2.26. The van der Waals surface area contributed by atoms with E-state index in [0.29, 0.717) is 6.54 Å². The first-order chi connectivity index (χ1) is 10.1. The number of carbonyl (C=O) groups is 1. The van der Waals surface area contributed by atoms with Gasteiger partial charge < -0.3 is 4.90 Å². The molecule has 3 nitrogen and oxygen atoms in total. The Labute approximate surface area is 122 Å². The summed E-state index contributed by atoms with van der Waals surface area (Å²) in [4.78, 5) is 17.5. The molecule has 2 aromatic rings. The van der Waals surface area contributed by atoms with E-state index in [1.165, 1.54) is 0 Å². The van der Waals surface area contributed by atoms with E-state index in [2.05, 4.69) is 4.98 Å². The minimum absolute atomic E-state index is 0.123. The largest absolute Gasteiger partial charge is 0.341 e. The number of hydrogen-bond acceptors (Lipinski definition) is 2. The van der Waals surface area contributed by atoms with Gasteiger partial charge in [0.1, 0.15) is 11.6 Å². The van der Waals surface area contributed by atoms with Gasteiger partial charge in [-0.1, -0.05) is 6.07 Å². The standard InChI is InChI=1S/C16H16F2N2O/c1-20(11-12-3-2-8-19-10-12)16(21)7-4-13-9-14(17)5-6-15(13)18/h2-3,5-6,8-10H,4,7,11H2,1H3. The first kappa shape index (κ1) is 15.1. The zero-order valence-electron chi connectivity index (χ0n) is 11.7. The summed E-state index contributed by atoms with van der Waals surface area (Å²) in [6.45, 7) is 0.443. The van der Waals surface area contributed by atoms with Crippen molar-refractivity contribution in [3.8, 4) is 0 Å². The molecule has 21 heavy (non-hydrogen) atoms. The van der Waals surface area contributed by atoms with Crippen molar-refractivity contribution in [2.45, 2.75) is 19.4 Å². The van der Waals surface area contributed by atoms with Crippen molar-refractivity contribution in [2.24, 2.45) is 0 Å². The number of benzene rings is 1. The highest BCUT2D eigenvalue weighted by atomic mass is 19.1. The molecule has 0 unspecified atom stereocenters. The topological polar surface area (TPSA) is 33.2 Å². The molecule has 0 bridgehead atoms. The number of carbonyl (C=O) groups excluding carboxylic acids is 1. The van der Waals surface area contributed by atoms with Crippen LogP contribution in [-0.2, 0) is 17.8 Å². The number of hydrogen-bond donors (Lipinski definition) is 0. The molecule has 1 aromatic carbocycles. The number of pyridine rings is 1. The van der Waals surface area contributed by atoms with E-state index in [9.17, 15) is 13.6 Å². The fourth-order valence-corrected chi connectivity index (χ4v) is 2.02. The maximum absolute atomic E-state index is 13.5. The molecule has 0 aliphatic heterocycles. The van der Waals surface area contributed by atoms with Crippen molar-refractivity contribution in [3.05, 3.63) is 65.5 Å². The Balaban J connectivity index is 1.91. The number of aromatic nitrogens is 1. The third-order valence-electron chi connectivity index (χ3n) is 3.18. The van der Waals surface area contributed by atoms with E-state index in [1.807, 2.05) is 6.07 Å². The summed E-state index contributed by atoms with van der Waals surface area (Å²) in [5.41, 5.74) is 1.14. The Bertz CT molecular complexity index is 617. The van der Waals surface area contributed by atoms with Gasteiger partial charge in [0.25, 0.3) is 0 Å². The highest BCUT2D eigenvalue weighted by Gasteiger charge is 2.11. The predicted octanol–water partition coefficient (Wildman–Crippen LogP) is 2.95. The van der Waals surface area contributed by atoms with Crippen LogP contribution in [0.5, 0.6) is 0 Å². The molecule has 0 aliphatic rings. The monoisotopic (exact) mass is 290 g/mol. The molecule has 2 rings (SSSR count). The Kier molecular flexibility index (Phi) is 4.98. The number of amides is 1. The van der Waals surface area contributed by atoms with E-state index in [4.69, 9.17) is 0 Å². The van der Waals surface area contributed by atoms with Crippen molar-refractivity contribution in [1.29, 1.82) is 0 Å². The molecular weight excluding hydrogens is 274 g/mol. The van der Waals surface area contributed by atoms with Crippen molar-refractivity contribution in [3.63, 3.8) is 0 Å². The SMILES string of the molecule is CN(Cc1cccnc1)C(=O)CCc1cc(F)ccc1F. The van der Waals surface area contributed by atoms with E-state index in [-0.39, 0.29) is 24.3 Å². The fourth-order valence-electron chi connectivity index (χ4n) is 2.02. The minimum atomic E-state index is -0.498. The quantitative estimate of drug-likeness (QED) is 0.848. The lowest BCUT2D eigenvalue weighted by atomic mass is 10.1. The van der Waals surface area contributed by atoms with Crippen molar-refractivity contribution < 1.29 is 13.6 Å². The highest BCUT2D eigenvalue weighted by molar-refractivity contribution is 5.76. The van der Waals surface area contributed by atoms with Gasteiger partial charge in [0, 0.05) is 32.4 Å². The fraction of sp³-hybridized carbons (Fsp3) is 0.250. The van der Waals surface area contributed by atoms with Crippen LogP contribution in [0.1, 0.15) is 17.5 Å². The molecule has 0 radical (unpaired) electrons. The number of aryl methyl sites for hydroxylation is 1. The maximum Gasteiger partial charge on any atom is 0.222 e. The zero-order chi connectivity index (χ0) is 15.2. The smallest absolute Gasteiger partial charge is 0.222 e. The second-order valence-electron chi connectivity index (χ2n) is 4.85. The summed E-state index contributed by atoms with van der Waals surface area (Å²) in [7, 11) is 1.68. The van der Waals surface area contributed by atoms with Crippen LogP contribution in [0, 0.1) is 11.6 Å². The Morgan fingerprint density at radius 3 is 2.81 bits per heavy atom. The van der Waals surface area contributed by atoms with Gasteiger partial charge in [0.2, 0.25) is 5.91 Å². The molecule has 0 aliphatic carbocycles. The summed E-state index contributed by atoms with van der Waals surface area (Å²) >= 11 is 0. The summed E-state index contributed by atoms with van der Waals surface area (Å²) in [6.07, 6.45) is 3.67. The molecular formula is C16H16F2N2O. The van der Waals surface area contributed by atoms with Crippen LogP contribution >= 0.6 is 0 Å². The van der Waals surface area contributed by atoms with Gasteiger partial charge in [-0.15, -0.1) is 0 Å². The first-order valence-corrected chi connectivity index (χ1v) is 6.63. The van der Waals surface area contributed by atoms with E-state index >= 15 is 0 Å². The molecule has 0 atom stereocenters. The van der Waals surface area contributed by atoms with Gasteiger partial charge in [0.05, 0.1) is 0 Å². The zero-order valence-corrected chi connectivity index (χ0v) is 11.7. The first-order valence-electron chi connectivity index (χ1n) is 6.63. The van der Waals surface area contributed by atoms with E-state index in [1.54, 1.807) is 30.4 Å². The third kappa shape index (κ3) is 4.34. The van der Waals surface area contributed by atoms with Gasteiger partial charge in [-0.25, -0.2) is 8.78 Å². The van der Waals surface area contributed by atoms with Gasteiger partial charge in [-0.3, -0.25) is 9.78 Å². The van der Waals surface area contributed by atoms with Gasteiger partial charge in [0.15, 0.2) is 0 Å². The lowest BCUT2D eigenvalue weighted by molar-refractivity contribution is -0.130. The second-order valence-corrected chi connectivity index (χ2v) is 4.85. The van der Waals surface area contributed by atoms with Crippen LogP contribution < -0.4 is 0 Å². The molecule has 0 saturated heterocycles. The lowest BCUT2D eigenvalue weighted by Gasteiger charge is -2.17. The van der Waals surface area contributed by atoms with Crippen molar-refractivity contribution >= 4 is 5.91 Å². The van der Waals surface area contributed by atoms with Crippen LogP contribution in [0.25, 0.3) is 0 Å². The Morgan fingerprint density at radius 1 is 1.29 bits per heavy atom. The molecule has 110 valence electrons. The average Bonchev–Trinajstić information content (AvgIpc) is 2.49. The normalized spacial score (nSPS) is 10.4. The van der Waals surface area contributed by atoms with Crippen LogP contribution in [0.15, 0.2) is 42.7 Å². The number of nitrogens with zero attached hydrogens (tertiary/aromatic N) is 2. The summed E-state index contributed by atoms with van der Waals surface area (Å²) < 4.78 is 26.5. The van der Waals surface area contributed by atoms with Gasteiger partial charge in [-0.05, 0) is 41.8 Å². The summed E-state index contributed by atoms with van der Waals surface area (Å²) in [5, 5.41) is 0. The molecule has 1 amide bonds. The van der Waals surface area contributed by atoms with E-state index in [0.717, 1.165) is 23.8 Å². The molecule has 1 aromatic heterocycles. The van der Waals surface area contributed by atoms with Crippen LogP contribution in [0.3, 0.4) is 0 Å². The number of halogens is 2. The van der Waals surface area contributed by atoms with Gasteiger partial charge in [-0.2, -0.15) is 0 Å². The van der Waals surface area contributed by atoms with Crippen LogP contribution in [0.4, 0.5) is 8.78 Å².